The Morgan fingerprint density at radius 3 is 2.40 bits per heavy atom. The summed E-state index contributed by atoms with van der Waals surface area (Å²) in [5.74, 6) is 7.66. The molecule has 7 rings (SSSR count). The van der Waals surface area contributed by atoms with Crippen LogP contribution in [0.25, 0.3) is 44.5 Å². The third-order valence-corrected chi connectivity index (χ3v) is 12.3. The van der Waals surface area contributed by atoms with Gasteiger partial charge in [0, 0.05) is 37.8 Å². The van der Waals surface area contributed by atoms with Crippen LogP contribution >= 0.6 is 0 Å². The van der Waals surface area contributed by atoms with E-state index in [-0.39, 0.29) is 25.9 Å². The summed E-state index contributed by atoms with van der Waals surface area (Å²) in [4.78, 5) is 9.08. The number of pyridine rings is 2. The predicted molar refractivity (Wildman–Crippen MR) is 173 cm³/mol. The van der Waals surface area contributed by atoms with Gasteiger partial charge in [-0.15, -0.1) is 23.8 Å². The van der Waals surface area contributed by atoms with Gasteiger partial charge in [0.25, 0.3) is 0 Å². The number of hydrogen-bond acceptors (Lipinski definition) is 3. The van der Waals surface area contributed by atoms with E-state index in [1.54, 1.807) is 6.07 Å². The Bertz CT molecular complexity index is 1810. The Labute approximate surface area is 269 Å². The van der Waals surface area contributed by atoms with Gasteiger partial charge in [-0.25, -0.2) is 4.39 Å². The molecule has 1 aliphatic rings. The first-order valence-corrected chi connectivity index (χ1v) is 22.1. The van der Waals surface area contributed by atoms with E-state index < -0.39 is 13.3 Å². The van der Waals surface area contributed by atoms with Gasteiger partial charge in [-0.3, -0.25) is 0 Å². The van der Waals surface area contributed by atoms with Crippen LogP contribution in [0.4, 0.5) is 4.39 Å². The standard InChI is InChI=1S/C23H19FNO.C14H16GeN.Ir/c24-18-6-7-19-20-13-17(5-8-22(20)26-23(19)14-18)21-12-16(9-10-25-21)11-15-3-1-2-4-15;1-15(2,3)13-9-10-14(16-11-13)12-7-5-4-6-8-12;/h6-10,12-15H,1-4,11H2;4-7,9-11H,1-3H3;/q2*-1;. The van der Waals surface area contributed by atoms with Gasteiger partial charge in [-0.05, 0) is 36.2 Å². The second kappa shape index (κ2) is 13.7. The average Bonchev–Trinajstić information content (AvgIpc) is 3.64. The first-order chi connectivity index (χ1) is 20.3. The number of aromatic nitrogens is 2. The van der Waals surface area contributed by atoms with E-state index >= 15 is 0 Å². The second-order valence-corrected chi connectivity index (χ2v) is 22.9. The van der Waals surface area contributed by atoms with Gasteiger partial charge in [0.1, 0.15) is 11.4 Å². The first kappa shape index (κ1) is 31.3. The molecule has 3 nitrogen and oxygen atoms in total. The fourth-order valence-corrected chi connectivity index (χ4v) is 7.86. The molecule has 1 fully saturated rings. The number of halogens is 1. The first-order valence-electron chi connectivity index (χ1n) is 14.8. The van der Waals surface area contributed by atoms with Crippen LogP contribution in [0.1, 0.15) is 31.2 Å². The van der Waals surface area contributed by atoms with Gasteiger partial charge in [-0.2, -0.15) is 0 Å². The maximum absolute atomic E-state index is 13.4. The summed E-state index contributed by atoms with van der Waals surface area (Å²) in [6, 6.07) is 31.6. The van der Waals surface area contributed by atoms with E-state index in [4.69, 9.17) is 4.42 Å². The van der Waals surface area contributed by atoms with Crippen molar-refractivity contribution in [3.8, 4) is 22.5 Å². The molecule has 3 heterocycles. The van der Waals surface area contributed by atoms with Gasteiger partial charge in [0.2, 0.25) is 0 Å². The van der Waals surface area contributed by atoms with Crippen LogP contribution in [-0.4, -0.2) is 23.2 Å². The quantitative estimate of drug-likeness (QED) is 0.129. The van der Waals surface area contributed by atoms with Crippen LogP contribution in [0.2, 0.25) is 17.3 Å². The van der Waals surface area contributed by atoms with Crippen LogP contribution < -0.4 is 4.40 Å². The maximum Gasteiger partial charge on any atom is 0 e. The van der Waals surface area contributed by atoms with E-state index in [9.17, 15) is 4.39 Å². The summed E-state index contributed by atoms with van der Waals surface area (Å²) in [7, 11) is 0. The zero-order chi connectivity index (χ0) is 29.1. The number of hydrogen-bond donors (Lipinski definition) is 0. The number of fused-ring (bicyclic) bond motifs is 3. The third kappa shape index (κ3) is 7.52. The molecule has 0 N–H and O–H groups in total. The molecule has 1 radical (unpaired) electrons. The third-order valence-electron chi connectivity index (χ3n) is 8.08. The van der Waals surface area contributed by atoms with Crippen molar-refractivity contribution in [3.63, 3.8) is 0 Å². The predicted octanol–water partition coefficient (Wildman–Crippen LogP) is 9.41. The Morgan fingerprint density at radius 1 is 0.837 bits per heavy atom. The van der Waals surface area contributed by atoms with Crippen LogP contribution in [0.3, 0.4) is 0 Å². The van der Waals surface area contributed by atoms with Crippen molar-refractivity contribution >= 4 is 39.6 Å². The van der Waals surface area contributed by atoms with Crippen molar-refractivity contribution < 1.29 is 28.9 Å². The van der Waals surface area contributed by atoms with E-state index in [0.717, 1.165) is 51.2 Å². The van der Waals surface area contributed by atoms with Gasteiger partial charge in [-0.1, -0.05) is 42.7 Å². The molecule has 221 valence electrons. The minimum atomic E-state index is -1.72. The molecule has 0 amide bonds. The summed E-state index contributed by atoms with van der Waals surface area (Å²) in [6.07, 6.45) is 10.5. The van der Waals surface area contributed by atoms with Crippen molar-refractivity contribution in [1.29, 1.82) is 0 Å². The molecule has 6 aromatic rings. The Hall–Kier alpha value is -3.12. The van der Waals surface area contributed by atoms with Crippen LogP contribution in [0.5, 0.6) is 0 Å². The zero-order valence-corrected chi connectivity index (χ0v) is 29.3. The van der Waals surface area contributed by atoms with Gasteiger partial charge in [0.05, 0.1) is 5.58 Å². The van der Waals surface area contributed by atoms with Crippen LogP contribution in [-0.2, 0) is 26.5 Å². The normalized spacial score (nSPS) is 13.5. The Morgan fingerprint density at radius 2 is 1.67 bits per heavy atom. The van der Waals surface area contributed by atoms with Gasteiger partial charge < -0.3 is 9.40 Å². The second-order valence-electron chi connectivity index (χ2n) is 12.2. The minimum absolute atomic E-state index is 0. The van der Waals surface area contributed by atoms with Crippen molar-refractivity contribution in [1.82, 2.24) is 9.97 Å². The molecule has 0 saturated heterocycles. The fraction of sp³-hybridized carbons (Fsp3) is 0.243. The van der Waals surface area contributed by atoms with Gasteiger partial charge >= 0.3 is 99.8 Å². The molecule has 6 heteroatoms. The number of rotatable bonds is 5. The van der Waals surface area contributed by atoms with E-state index in [0.29, 0.717) is 5.58 Å². The largest absolute Gasteiger partial charge is 0 e. The van der Waals surface area contributed by atoms with Crippen LogP contribution in [0, 0.1) is 23.9 Å². The van der Waals surface area contributed by atoms with E-state index in [1.165, 1.54) is 47.8 Å². The molecule has 1 saturated carbocycles. The SMILES string of the molecule is Fc1ccc2c(c1)oc1c[c-]c(-c3cc(CC4CCCC4)ccn3)cc12.[CH3][Ge]([CH3])([CH3])[c]1ccc(-c2[c-]cccc2)nc1.[Ir]. The Kier molecular flexibility index (Phi) is 9.96. The number of furan rings is 1. The summed E-state index contributed by atoms with van der Waals surface area (Å²) >= 11 is -1.72. The number of nitrogens with zero attached hydrogens (tertiary/aromatic N) is 2. The summed E-state index contributed by atoms with van der Waals surface area (Å²) in [5, 5.41) is 1.88. The monoisotopic (exact) mass is 809 g/mol. The Balaban J connectivity index is 0.000000188. The van der Waals surface area contributed by atoms with Crippen molar-refractivity contribution in [2.24, 2.45) is 5.92 Å². The molecule has 0 spiro atoms. The molecule has 43 heavy (non-hydrogen) atoms. The van der Waals surface area contributed by atoms with Crippen molar-refractivity contribution in [2.75, 3.05) is 0 Å². The molecule has 1 aliphatic carbocycles. The topological polar surface area (TPSA) is 38.9 Å². The molecule has 3 aromatic heterocycles. The molecule has 0 unspecified atom stereocenters. The summed E-state index contributed by atoms with van der Waals surface area (Å²) in [5.41, 5.74) is 6.57. The van der Waals surface area contributed by atoms with Crippen molar-refractivity contribution in [2.45, 2.75) is 49.4 Å². The molecule has 0 atom stereocenters. The van der Waals surface area contributed by atoms with E-state index in [2.05, 4.69) is 63.6 Å². The molecule has 0 bridgehead atoms. The maximum atomic E-state index is 13.4. The molecule has 3 aromatic carbocycles. The smallest absolute Gasteiger partial charge is 0 e. The molecular weight excluding hydrogens is 772 g/mol. The van der Waals surface area contributed by atoms with E-state index in [1.807, 2.05) is 48.8 Å². The molecular formula is C37H35FGeIrN2O-2. The average molecular weight is 808 g/mol. The van der Waals surface area contributed by atoms with Crippen molar-refractivity contribution in [3.05, 3.63) is 115 Å². The molecule has 0 aliphatic heterocycles. The summed E-state index contributed by atoms with van der Waals surface area (Å²) < 4.78 is 20.6. The van der Waals surface area contributed by atoms with Gasteiger partial charge in [0.15, 0.2) is 0 Å². The summed E-state index contributed by atoms with van der Waals surface area (Å²) in [6.45, 7) is 0. The minimum Gasteiger partial charge on any atom is 0 e. The number of benzene rings is 3. The van der Waals surface area contributed by atoms with Crippen LogP contribution in [0.15, 0.2) is 95.7 Å². The fourth-order valence-electron chi connectivity index (χ4n) is 5.69. The zero-order valence-electron chi connectivity index (χ0n) is 24.8.